The average Bonchev–Trinajstić information content (AvgIpc) is 2.59. The fraction of sp³-hybridized carbons (Fsp3) is 0.462. The Hall–Kier alpha value is -1.55. The summed E-state index contributed by atoms with van der Waals surface area (Å²) in [6, 6.07) is 5.08. The van der Waals surface area contributed by atoms with Crippen molar-refractivity contribution in [1.82, 2.24) is 0 Å². The molecule has 1 atom stereocenters. The van der Waals surface area contributed by atoms with Crippen LogP contribution in [-0.4, -0.2) is 19.6 Å². The van der Waals surface area contributed by atoms with Gasteiger partial charge in [-0.3, -0.25) is 4.79 Å². The first kappa shape index (κ1) is 11.9. The Bertz CT molecular complexity index is 431. The Morgan fingerprint density at radius 1 is 1.47 bits per heavy atom. The fourth-order valence-electron chi connectivity index (χ4n) is 2.11. The van der Waals surface area contributed by atoms with E-state index in [1.54, 1.807) is 12.0 Å². The van der Waals surface area contributed by atoms with E-state index in [9.17, 15) is 4.79 Å². The smallest absolute Gasteiger partial charge is 0.248 e. The van der Waals surface area contributed by atoms with Gasteiger partial charge >= 0.3 is 0 Å². The van der Waals surface area contributed by atoms with Crippen molar-refractivity contribution >= 4 is 11.6 Å². The summed E-state index contributed by atoms with van der Waals surface area (Å²) in [6.45, 7) is 2.83. The van der Waals surface area contributed by atoms with Crippen molar-refractivity contribution < 1.29 is 9.53 Å². The maximum Gasteiger partial charge on any atom is 0.248 e. The van der Waals surface area contributed by atoms with E-state index in [0.29, 0.717) is 0 Å². The summed E-state index contributed by atoms with van der Waals surface area (Å²) in [7, 11) is 1.62. The van der Waals surface area contributed by atoms with E-state index in [0.717, 1.165) is 36.4 Å². The van der Waals surface area contributed by atoms with E-state index in [-0.39, 0.29) is 5.91 Å². The molecule has 0 radical (unpaired) electrons. The Morgan fingerprint density at radius 2 is 2.24 bits per heavy atom. The lowest BCUT2D eigenvalue weighted by molar-refractivity contribution is -0.119. The number of fused-ring (bicyclic) bond motifs is 1. The number of carbonyl (C=O) groups is 1. The Balaban J connectivity index is 2.35. The number of methoxy groups -OCH3 is 1. The minimum atomic E-state index is -0.521. The van der Waals surface area contributed by atoms with Crippen LogP contribution in [0.4, 0.5) is 5.69 Å². The van der Waals surface area contributed by atoms with Crippen LogP contribution in [0.1, 0.15) is 31.4 Å². The van der Waals surface area contributed by atoms with Gasteiger partial charge in [-0.1, -0.05) is 19.4 Å². The molecule has 0 aromatic heterocycles. The maximum atomic E-state index is 12.0. The fourth-order valence-corrected chi connectivity index (χ4v) is 2.11. The highest BCUT2D eigenvalue weighted by Gasteiger charge is 2.34. The summed E-state index contributed by atoms with van der Waals surface area (Å²) in [4.78, 5) is 13.8. The third kappa shape index (κ3) is 2.00. The van der Waals surface area contributed by atoms with Gasteiger partial charge in [0.1, 0.15) is 11.8 Å². The Morgan fingerprint density at radius 3 is 2.88 bits per heavy atom. The summed E-state index contributed by atoms with van der Waals surface area (Å²) in [5, 5.41) is 0. The molecule has 1 heterocycles. The van der Waals surface area contributed by atoms with Crippen molar-refractivity contribution in [1.29, 1.82) is 0 Å². The lowest BCUT2D eigenvalue weighted by Crippen LogP contribution is -2.32. The van der Waals surface area contributed by atoms with Crippen LogP contribution in [0.2, 0.25) is 0 Å². The van der Waals surface area contributed by atoms with E-state index in [1.165, 1.54) is 0 Å². The van der Waals surface area contributed by atoms with Crippen molar-refractivity contribution in [2.75, 3.05) is 18.6 Å². The molecule has 0 bridgehead atoms. The number of ether oxygens (including phenoxy) is 1. The normalized spacial score (nSPS) is 18.4. The van der Waals surface area contributed by atoms with Crippen molar-refractivity contribution in [3.63, 3.8) is 0 Å². The molecule has 0 aliphatic carbocycles. The van der Waals surface area contributed by atoms with Gasteiger partial charge in [-0.05, 0) is 12.5 Å². The van der Waals surface area contributed by atoms with E-state index in [1.807, 2.05) is 18.2 Å². The molecule has 4 heteroatoms. The first-order chi connectivity index (χ1) is 8.19. The monoisotopic (exact) mass is 234 g/mol. The number of carbonyl (C=O) groups excluding carboxylic acids is 1. The molecule has 92 valence electrons. The number of nitrogens with two attached hydrogens (primary N) is 1. The van der Waals surface area contributed by atoms with Crippen molar-refractivity contribution in [2.45, 2.75) is 25.8 Å². The summed E-state index contributed by atoms with van der Waals surface area (Å²) >= 11 is 0. The molecule has 0 spiro atoms. The summed E-state index contributed by atoms with van der Waals surface area (Å²) in [5.41, 5.74) is 7.71. The van der Waals surface area contributed by atoms with Crippen LogP contribution in [0, 0.1) is 0 Å². The molecule has 1 aliphatic rings. The third-order valence-corrected chi connectivity index (χ3v) is 3.13. The topological polar surface area (TPSA) is 55.6 Å². The van der Waals surface area contributed by atoms with Crippen LogP contribution in [0.25, 0.3) is 0 Å². The van der Waals surface area contributed by atoms with Crippen LogP contribution < -0.4 is 15.4 Å². The summed E-state index contributed by atoms with van der Waals surface area (Å²) in [6.07, 6.45) is 2.04. The van der Waals surface area contributed by atoms with Crippen molar-refractivity contribution in [3.8, 4) is 5.75 Å². The first-order valence-electron chi connectivity index (χ1n) is 5.94. The van der Waals surface area contributed by atoms with Gasteiger partial charge in [0, 0.05) is 18.2 Å². The highest BCUT2D eigenvalue weighted by molar-refractivity contribution is 6.04. The number of anilines is 1. The second kappa shape index (κ2) is 4.75. The van der Waals surface area contributed by atoms with Gasteiger partial charge in [-0.25, -0.2) is 0 Å². The number of unbranched alkanes of at least 4 members (excludes halogenated alkanes) is 1. The summed E-state index contributed by atoms with van der Waals surface area (Å²) in [5.74, 6) is 0.744. The molecule has 1 aromatic carbocycles. The maximum absolute atomic E-state index is 12.0. The van der Waals surface area contributed by atoms with Crippen LogP contribution in [0.15, 0.2) is 18.2 Å². The number of amides is 1. The lowest BCUT2D eigenvalue weighted by atomic mass is 10.1. The highest BCUT2D eigenvalue weighted by Crippen LogP contribution is 2.37. The molecule has 0 fully saturated rings. The lowest BCUT2D eigenvalue weighted by Gasteiger charge is -2.17. The molecule has 2 rings (SSSR count). The van der Waals surface area contributed by atoms with E-state index < -0.39 is 6.04 Å². The van der Waals surface area contributed by atoms with Crippen LogP contribution >= 0.6 is 0 Å². The molecule has 17 heavy (non-hydrogen) atoms. The van der Waals surface area contributed by atoms with Gasteiger partial charge in [-0.2, -0.15) is 0 Å². The zero-order valence-electron chi connectivity index (χ0n) is 10.3. The molecule has 1 unspecified atom stereocenters. The molecule has 2 N–H and O–H groups in total. The number of rotatable bonds is 4. The zero-order chi connectivity index (χ0) is 12.4. The van der Waals surface area contributed by atoms with Gasteiger partial charge < -0.3 is 15.4 Å². The van der Waals surface area contributed by atoms with E-state index in [4.69, 9.17) is 10.5 Å². The second-order valence-corrected chi connectivity index (χ2v) is 4.25. The first-order valence-corrected chi connectivity index (χ1v) is 5.94. The molecule has 4 nitrogen and oxygen atoms in total. The second-order valence-electron chi connectivity index (χ2n) is 4.25. The zero-order valence-corrected chi connectivity index (χ0v) is 10.3. The Labute approximate surface area is 101 Å². The summed E-state index contributed by atoms with van der Waals surface area (Å²) < 4.78 is 5.18. The molecule has 0 saturated heterocycles. The molecular formula is C13H18N2O2. The minimum Gasteiger partial charge on any atom is -0.497 e. The minimum absolute atomic E-state index is 0.0123. The quantitative estimate of drug-likeness (QED) is 0.864. The van der Waals surface area contributed by atoms with E-state index in [2.05, 4.69) is 6.92 Å². The van der Waals surface area contributed by atoms with Crippen LogP contribution in [0.3, 0.4) is 0 Å². The van der Waals surface area contributed by atoms with Gasteiger partial charge in [0.15, 0.2) is 0 Å². The average molecular weight is 234 g/mol. The van der Waals surface area contributed by atoms with Gasteiger partial charge in [-0.15, -0.1) is 0 Å². The Kier molecular flexibility index (Phi) is 3.33. The molecule has 0 saturated carbocycles. The number of hydrogen-bond donors (Lipinski definition) is 1. The third-order valence-electron chi connectivity index (χ3n) is 3.13. The van der Waals surface area contributed by atoms with Gasteiger partial charge in [0.25, 0.3) is 0 Å². The SMILES string of the molecule is CCCCN1C(=O)C(N)c2ccc(OC)cc21. The molecular weight excluding hydrogens is 216 g/mol. The van der Waals surface area contributed by atoms with Crippen LogP contribution in [-0.2, 0) is 4.79 Å². The van der Waals surface area contributed by atoms with Crippen molar-refractivity contribution in [2.24, 2.45) is 5.73 Å². The van der Waals surface area contributed by atoms with Gasteiger partial charge in [0.2, 0.25) is 5.91 Å². The molecule has 1 amide bonds. The molecule has 1 aromatic rings. The molecule has 1 aliphatic heterocycles. The standard InChI is InChI=1S/C13H18N2O2/c1-3-4-7-15-11-8-9(17-2)5-6-10(11)12(14)13(15)16/h5-6,8,12H,3-4,7,14H2,1-2H3. The predicted molar refractivity (Wildman–Crippen MR) is 67.2 cm³/mol. The largest absolute Gasteiger partial charge is 0.497 e. The van der Waals surface area contributed by atoms with Gasteiger partial charge in [0.05, 0.1) is 12.8 Å². The van der Waals surface area contributed by atoms with Crippen LogP contribution in [0.5, 0.6) is 5.75 Å². The number of nitrogens with zero attached hydrogens (tertiary/aromatic N) is 1. The van der Waals surface area contributed by atoms with E-state index >= 15 is 0 Å². The number of hydrogen-bond acceptors (Lipinski definition) is 3. The number of benzene rings is 1. The predicted octanol–water partition coefficient (Wildman–Crippen LogP) is 1.84. The highest BCUT2D eigenvalue weighted by atomic mass is 16.5. The van der Waals surface area contributed by atoms with Crippen molar-refractivity contribution in [3.05, 3.63) is 23.8 Å².